The van der Waals surface area contributed by atoms with E-state index in [1.807, 2.05) is 37.5 Å². The number of fused-ring (bicyclic) bond motifs is 2. The van der Waals surface area contributed by atoms with Gasteiger partial charge in [-0.2, -0.15) is 5.10 Å². The normalized spacial score (nSPS) is 14.6. The third-order valence-electron chi connectivity index (χ3n) is 6.51. The third kappa shape index (κ3) is 4.40. The number of hydrogen-bond acceptors (Lipinski definition) is 8. The van der Waals surface area contributed by atoms with Gasteiger partial charge in [-0.05, 0) is 48.9 Å². The molecule has 3 aromatic heterocycles. The average Bonchev–Trinajstić information content (AvgIpc) is 3.48. The van der Waals surface area contributed by atoms with Gasteiger partial charge in [0.25, 0.3) is 0 Å². The second-order valence-corrected chi connectivity index (χ2v) is 10.1. The van der Waals surface area contributed by atoms with Gasteiger partial charge < -0.3 is 10.2 Å². The smallest absolute Gasteiger partial charge is 0.238 e. The molecule has 10 heteroatoms. The minimum absolute atomic E-state index is 0.0108. The summed E-state index contributed by atoms with van der Waals surface area (Å²) in [7, 11) is 1.88. The van der Waals surface area contributed by atoms with Crippen LogP contribution in [0.5, 0.6) is 0 Å². The van der Waals surface area contributed by atoms with E-state index >= 15 is 0 Å². The molecule has 0 atom stereocenters. The molecule has 2 aromatic carbocycles. The molecule has 4 heterocycles. The summed E-state index contributed by atoms with van der Waals surface area (Å²) in [5.74, 6) is 0.893. The largest absolute Gasteiger partial charge is 0.353 e. The van der Waals surface area contributed by atoms with Crippen LogP contribution in [0.15, 0.2) is 55.0 Å². The lowest BCUT2D eigenvalue weighted by molar-refractivity contribution is -0.117. The van der Waals surface area contributed by atoms with Crippen LogP contribution in [-0.2, 0) is 11.8 Å². The Kier molecular flexibility index (Phi) is 5.82. The Bertz CT molecular complexity index is 1550. The Morgan fingerprint density at radius 3 is 2.67 bits per heavy atom. The number of carbonyl (C=O) groups is 1. The molecule has 1 aliphatic rings. The fourth-order valence-electron chi connectivity index (χ4n) is 4.57. The zero-order valence-electron chi connectivity index (χ0n) is 20.2. The molecule has 0 unspecified atom stereocenters. The molecule has 1 saturated heterocycles. The maximum Gasteiger partial charge on any atom is 0.238 e. The number of piperazine rings is 1. The van der Waals surface area contributed by atoms with E-state index < -0.39 is 0 Å². The molecule has 36 heavy (non-hydrogen) atoms. The Labute approximate surface area is 212 Å². The third-order valence-corrected chi connectivity index (χ3v) is 7.57. The van der Waals surface area contributed by atoms with E-state index in [1.54, 1.807) is 22.3 Å². The monoisotopic (exact) mass is 498 g/mol. The van der Waals surface area contributed by atoms with Crippen LogP contribution < -0.4 is 10.2 Å². The van der Waals surface area contributed by atoms with Crippen LogP contribution in [-0.4, -0.2) is 68.3 Å². The van der Waals surface area contributed by atoms with Gasteiger partial charge in [0, 0.05) is 44.5 Å². The SMILES string of the molecule is Cc1ccc2nc(-c3ccc(NC(=O)CN4CCN(c5ncnc6c5cnn6C)CC4)cc3)sc2c1. The summed E-state index contributed by atoms with van der Waals surface area (Å²) < 4.78 is 2.94. The summed E-state index contributed by atoms with van der Waals surface area (Å²) in [5.41, 5.74) is 4.92. The van der Waals surface area contributed by atoms with Crippen LogP contribution in [0.3, 0.4) is 0 Å². The van der Waals surface area contributed by atoms with Gasteiger partial charge in [0.2, 0.25) is 5.91 Å². The minimum Gasteiger partial charge on any atom is -0.353 e. The lowest BCUT2D eigenvalue weighted by Gasteiger charge is -2.35. The van der Waals surface area contributed by atoms with Crippen molar-refractivity contribution < 1.29 is 4.79 Å². The Balaban J connectivity index is 1.05. The van der Waals surface area contributed by atoms with Gasteiger partial charge in [-0.15, -0.1) is 11.3 Å². The van der Waals surface area contributed by atoms with Crippen molar-refractivity contribution in [2.45, 2.75) is 6.92 Å². The highest BCUT2D eigenvalue weighted by Crippen LogP contribution is 2.31. The van der Waals surface area contributed by atoms with Crippen molar-refractivity contribution in [1.29, 1.82) is 0 Å². The number of aryl methyl sites for hydroxylation is 2. The second-order valence-electron chi connectivity index (χ2n) is 9.08. The number of aromatic nitrogens is 5. The number of carbonyl (C=O) groups excluding carboxylic acids is 1. The summed E-state index contributed by atoms with van der Waals surface area (Å²) in [6.07, 6.45) is 3.40. The van der Waals surface area contributed by atoms with Crippen LogP contribution in [0.25, 0.3) is 31.8 Å². The molecule has 1 fully saturated rings. The zero-order valence-corrected chi connectivity index (χ0v) is 21.0. The van der Waals surface area contributed by atoms with Crippen LogP contribution in [0.1, 0.15) is 5.56 Å². The van der Waals surface area contributed by atoms with Gasteiger partial charge in [-0.1, -0.05) is 6.07 Å². The molecule has 0 bridgehead atoms. The Morgan fingerprint density at radius 1 is 1.06 bits per heavy atom. The molecular weight excluding hydrogens is 472 g/mol. The quantitative estimate of drug-likeness (QED) is 0.395. The first-order valence-electron chi connectivity index (χ1n) is 11.9. The molecule has 9 nitrogen and oxygen atoms in total. The number of anilines is 2. The van der Waals surface area contributed by atoms with Crippen molar-refractivity contribution in [3.8, 4) is 10.6 Å². The molecule has 0 saturated carbocycles. The molecule has 6 rings (SSSR count). The minimum atomic E-state index is -0.0108. The maximum absolute atomic E-state index is 12.7. The lowest BCUT2D eigenvalue weighted by atomic mass is 10.2. The number of amides is 1. The summed E-state index contributed by atoms with van der Waals surface area (Å²) in [6, 6.07) is 14.2. The first-order valence-corrected chi connectivity index (χ1v) is 12.7. The predicted octanol–water partition coefficient (Wildman–Crippen LogP) is 3.71. The highest BCUT2D eigenvalue weighted by Gasteiger charge is 2.22. The molecule has 1 amide bonds. The molecule has 1 aliphatic heterocycles. The van der Waals surface area contributed by atoms with E-state index in [1.165, 1.54) is 10.3 Å². The van der Waals surface area contributed by atoms with Gasteiger partial charge in [0.05, 0.1) is 28.3 Å². The van der Waals surface area contributed by atoms with Crippen molar-refractivity contribution in [3.05, 3.63) is 60.6 Å². The van der Waals surface area contributed by atoms with Crippen molar-refractivity contribution in [2.24, 2.45) is 7.05 Å². The zero-order chi connectivity index (χ0) is 24.6. The van der Waals surface area contributed by atoms with Gasteiger partial charge >= 0.3 is 0 Å². The topological polar surface area (TPSA) is 92.1 Å². The van der Waals surface area contributed by atoms with Crippen molar-refractivity contribution in [1.82, 2.24) is 29.6 Å². The summed E-state index contributed by atoms with van der Waals surface area (Å²) >= 11 is 1.69. The Morgan fingerprint density at radius 2 is 1.86 bits per heavy atom. The molecule has 5 aromatic rings. The number of nitrogens with zero attached hydrogens (tertiary/aromatic N) is 7. The highest BCUT2D eigenvalue weighted by molar-refractivity contribution is 7.21. The summed E-state index contributed by atoms with van der Waals surface area (Å²) in [6.45, 7) is 5.62. The predicted molar refractivity (Wildman–Crippen MR) is 143 cm³/mol. The van der Waals surface area contributed by atoms with Crippen LogP contribution in [0, 0.1) is 6.92 Å². The number of nitrogens with one attached hydrogen (secondary N) is 1. The standard InChI is InChI=1S/C26H26N8OS/c1-17-3-8-21-22(13-17)36-26(31-21)18-4-6-19(7-5-18)30-23(35)15-33-9-11-34(12-10-33)25-20-14-29-32(2)24(20)27-16-28-25/h3-8,13-14,16H,9-12,15H2,1-2H3,(H,30,35). The second kappa shape index (κ2) is 9.29. The van der Waals surface area contributed by atoms with Gasteiger partial charge in [0.1, 0.15) is 17.2 Å². The van der Waals surface area contributed by atoms with E-state index in [0.717, 1.165) is 64.8 Å². The first kappa shape index (κ1) is 22.6. The number of hydrogen-bond donors (Lipinski definition) is 1. The first-order chi connectivity index (χ1) is 17.5. The van der Waals surface area contributed by atoms with E-state index in [2.05, 4.69) is 55.3 Å². The molecule has 182 valence electrons. The molecule has 1 N–H and O–H groups in total. The molecular formula is C26H26N8OS. The lowest BCUT2D eigenvalue weighted by Crippen LogP contribution is -2.49. The van der Waals surface area contributed by atoms with Gasteiger partial charge in [-0.3, -0.25) is 14.4 Å². The summed E-state index contributed by atoms with van der Waals surface area (Å²) in [4.78, 5) is 30.7. The van der Waals surface area contributed by atoms with Gasteiger partial charge in [-0.25, -0.2) is 15.0 Å². The fourth-order valence-corrected chi connectivity index (χ4v) is 5.64. The van der Waals surface area contributed by atoms with Gasteiger partial charge in [0.15, 0.2) is 5.65 Å². The highest BCUT2D eigenvalue weighted by atomic mass is 32.1. The molecule has 0 aliphatic carbocycles. The van der Waals surface area contributed by atoms with E-state index in [-0.39, 0.29) is 5.91 Å². The molecule has 0 radical (unpaired) electrons. The summed E-state index contributed by atoms with van der Waals surface area (Å²) in [5, 5.41) is 9.27. The number of rotatable bonds is 5. The van der Waals surface area contributed by atoms with Crippen LogP contribution in [0.4, 0.5) is 11.5 Å². The number of thiazole rings is 1. The van der Waals surface area contributed by atoms with Crippen molar-refractivity contribution in [2.75, 3.05) is 42.9 Å². The Hall–Kier alpha value is -3.89. The van der Waals surface area contributed by atoms with Crippen molar-refractivity contribution in [3.63, 3.8) is 0 Å². The van der Waals surface area contributed by atoms with E-state index in [9.17, 15) is 4.79 Å². The van der Waals surface area contributed by atoms with E-state index in [4.69, 9.17) is 4.98 Å². The number of benzene rings is 2. The van der Waals surface area contributed by atoms with Crippen LogP contribution >= 0.6 is 11.3 Å². The van der Waals surface area contributed by atoms with Crippen LogP contribution in [0.2, 0.25) is 0 Å². The van der Waals surface area contributed by atoms with E-state index in [0.29, 0.717) is 6.54 Å². The maximum atomic E-state index is 12.7. The molecule has 0 spiro atoms. The average molecular weight is 499 g/mol. The fraction of sp³-hybridized carbons (Fsp3) is 0.269. The van der Waals surface area contributed by atoms with Crippen molar-refractivity contribution >= 4 is 50.0 Å².